The predicted octanol–water partition coefficient (Wildman–Crippen LogP) is 1.66. The fraction of sp³-hybridized carbons (Fsp3) is 0.538. The number of benzene rings is 1. The number of halogens is 1. The molecule has 0 aromatic heterocycles. The number of rotatable bonds is 7. The number of hydrogen-bond acceptors (Lipinski definition) is 3. The minimum atomic E-state index is 0.695. The molecule has 1 rings (SSSR count). The van der Waals surface area contributed by atoms with Crippen LogP contribution in [0.15, 0.2) is 24.3 Å². The smallest absolute Gasteiger partial charge is 0.0406 e. The normalized spacial score (nSPS) is 11.4. The summed E-state index contributed by atoms with van der Waals surface area (Å²) in [5.41, 5.74) is 6.92. The van der Waals surface area contributed by atoms with Crippen LogP contribution in [0.25, 0.3) is 0 Å². The zero-order chi connectivity index (χ0) is 12.7. The van der Waals surface area contributed by atoms with Crippen molar-refractivity contribution in [3.63, 3.8) is 0 Å². The Labute approximate surface area is 109 Å². The van der Waals surface area contributed by atoms with Gasteiger partial charge in [-0.1, -0.05) is 23.7 Å². The summed E-state index contributed by atoms with van der Waals surface area (Å²) < 4.78 is 0. The van der Waals surface area contributed by atoms with Crippen molar-refractivity contribution >= 4 is 11.6 Å². The van der Waals surface area contributed by atoms with E-state index in [1.165, 1.54) is 5.56 Å². The Morgan fingerprint density at radius 1 is 1.06 bits per heavy atom. The first-order chi connectivity index (χ1) is 8.11. The monoisotopic (exact) mass is 255 g/mol. The number of nitrogens with zero attached hydrogens (tertiary/aromatic N) is 2. The predicted molar refractivity (Wildman–Crippen MR) is 74.3 cm³/mol. The molecule has 4 heteroatoms. The molecular formula is C13H22ClN3. The Balaban J connectivity index is 2.50. The second kappa shape index (κ2) is 7.67. The third kappa shape index (κ3) is 6.03. The molecule has 1 aromatic carbocycles. The van der Waals surface area contributed by atoms with Gasteiger partial charge in [0.15, 0.2) is 0 Å². The van der Waals surface area contributed by atoms with Crippen molar-refractivity contribution in [2.45, 2.75) is 6.54 Å². The van der Waals surface area contributed by atoms with Gasteiger partial charge in [0.05, 0.1) is 0 Å². The van der Waals surface area contributed by atoms with Crippen LogP contribution in [0.2, 0.25) is 5.02 Å². The molecule has 0 saturated carbocycles. The van der Waals surface area contributed by atoms with Crippen molar-refractivity contribution < 1.29 is 0 Å². The maximum absolute atomic E-state index is 5.87. The van der Waals surface area contributed by atoms with Crippen LogP contribution in [0, 0.1) is 0 Å². The van der Waals surface area contributed by atoms with Gasteiger partial charge in [-0.2, -0.15) is 0 Å². The van der Waals surface area contributed by atoms with Gasteiger partial charge in [0.2, 0.25) is 0 Å². The molecule has 0 saturated heterocycles. The standard InChI is InChI=1S/C13H22ClN3/c1-16(2)9-10-17(8-7-15)11-12-3-5-13(14)6-4-12/h3-6H,7-11,15H2,1-2H3. The van der Waals surface area contributed by atoms with Crippen molar-refractivity contribution in [3.05, 3.63) is 34.9 Å². The molecule has 0 aliphatic rings. The van der Waals surface area contributed by atoms with Crippen LogP contribution >= 0.6 is 11.6 Å². The molecule has 0 unspecified atom stereocenters. The van der Waals surface area contributed by atoms with Crippen LogP contribution < -0.4 is 5.73 Å². The summed E-state index contributed by atoms with van der Waals surface area (Å²) >= 11 is 5.87. The summed E-state index contributed by atoms with van der Waals surface area (Å²) in [5.74, 6) is 0. The van der Waals surface area contributed by atoms with Crippen molar-refractivity contribution in [1.29, 1.82) is 0 Å². The molecule has 0 heterocycles. The molecule has 0 aliphatic carbocycles. The summed E-state index contributed by atoms with van der Waals surface area (Å²) in [5, 5.41) is 0.785. The first-order valence-corrected chi connectivity index (χ1v) is 6.31. The number of hydrogen-bond donors (Lipinski definition) is 1. The van der Waals surface area contributed by atoms with Gasteiger partial charge >= 0.3 is 0 Å². The Morgan fingerprint density at radius 2 is 1.71 bits per heavy atom. The van der Waals surface area contributed by atoms with Crippen molar-refractivity contribution in [2.24, 2.45) is 5.73 Å². The highest BCUT2D eigenvalue weighted by molar-refractivity contribution is 6.30. The van der Waals surface area contributed by atoms with Gasteiger partial charge in [-0.3, -0.25) is 4.90 Å². The van der Waals surface area contributed by atoms with E-state index in [1.54, 1.807) is 0 Å². The highest BCUT2D eigenvalue weighted by atomic mass is 35.5. The molecule has 0 bridgehead atoms. The van der Waals surface area contributed by atoms with Gasteiger partial charge in [0.1, 0.15) is 0 Å². The maximum Gasteiger partial charge on any atom is 0.0406 e. The average molecular weight is 256 g/mol. The van der Waals surface area contributed by atoms with Crippen molar-refractivity contribution in [1.82, 2.24) is 9.80 Å². The number of nitrogens with two attached hydrogens (primary N) is 1. The first kappa shape index (κ1) is 14.5. The fourth-order valence-electron chi connectivity index (χ4n) is 1.64. The summed E-state index contributed by atoms with van der Waals surface area (Å²) in [6.07, 6.45) is 0. The molecule has 17 heavy (non-hydrogen) atoms. The van der Waals surface area contributed by atoms with Gasteiger partial charge in [-0.15, -0.1) is 0 Å². The second-order valence-electron chi connectivity index (χ2n) is 4.49. The summed E-state index contributed by atoms with van der Waals surface area (Å²) in [6.45, 7) is 4.64. The lowest BCUT2D eigenvalue weighted by molar-refractivity contribution is 0.239. The highest BCUT2D eigenvalue weighted by Crippen LogP contribution is 2.11. The molecule has 0 aliphatic heterocycles. The SMILES string of the molecule is CN(C)CCN(CCN)Cc1ccc(Cl)cc1. The van der Waals surface area contributed by atoms with E-state index < -0.39 is 0 Å². The Kier molecular flexibility index (Phi) is 6.52. The van der Waals surface area contributed by atoms with Crippen LogP contribution in [0.1, 0.15) is 5.56 Å². The van der Waals surface area contributed by atoms with Crippen molar-refractivity contribution in [3.8, 4) is 0 Å². The third-order valence-corrected chi connectivity index (χ3v) is 2.88. The number of likely N-dealkylation sites (N-methyl/N-ethyl adjacent to an activating group) is 1. The van der Waals surface area contributed by atoms with Crippen molar-refractivity contribution in [2.75, 3.05) is 40.3 Å². The molecule has 1 aromatic rings. The maximum atomic E-state index is 5.87. The second-order valence-corrected chi connectivity index (χ2v) is 4.93. The Hall–Kier alpha value is -0.610. The largest absolute Gasteiger partial charge is 0.329 e. The van der Waals surface area contributed by atoms with E-state index in [0.29, 0.717) is 6.54 Å². The van der Waals surface area contributed by atoms with E-state index >= 15 is 0 Å². The van der Waals surface area contributed by atoms with Crippen LogP contribution in [-0.4, -0.2) is 50.1 Å². The topological polar surface area (TPSA) is 32.5 Å². The van der Waals surface area contributed by atoms with Crippen LogP contribution in [-0.2, 0) is 6.54 Å². The zero-order valence-electron chi connectivity index (χ0n) is 10.7. The quantitative estimate of drug-likeness (QED) is 0.805. The van der Waals surface area contributed by atoms with E-state index in [-0.39, 0.29) is 0 Å². The summed E-state index contributed by atoms with van der Waals surface area (Å²) in [6, 6.07) is 8.01. The molecule has 0 fully saturated rings. The molecule has 0 amide bonds. The molecular weight excluding hydrogens is 234 g/mol. The summed E-state index contributed by atoms with van der Waals surface area (Å²) in [7, 11) is 4.17. The van der Waals surface area contributed by atoms with Gasteiger partial charge in [0.25, 0.3) is 0 Å². The minimum Gasteiger partial charge on any atom is -0.329 e. The van der Waals surface area contributed by atoms with Crippen LogP contribution in [0.3, 0.4) is 0 Å². The van der Waals surface area contributed by atoms with E-state index in [0.717, 1.165) is 31.2 Å². The molecule has 0 spiro atoms. The molecule has 96 valence electrons. The molecule has 2 N–H and O–H groups in total. The van der Waals surface area contributed by atoms with E-state index in [4.69, 9.17) is 17.3 Å². The lowest BCUT2D eigenvalue weighted by atomic mass is 10.2. The Morgan fingerprint density at radius 3 is 2.24 bits per heavy atom. The molecule has 3 nitrogen and oxygen atoms in total. The molecule has 0 atom stereocenters. The summed E-state index contributed by atoms with van der Waals surface area (Å²) in [4.78, 5) is 4.55. The zero-order valence-corrected chi connectivity index (χ0v) is 11.5. The fourth-order valence-corrected chi connectivity index (χ4v) is 1.77. The van der Waals surface area contributed by atoms with Gasteiger partial charge in [-0.05, 0) is 31.8 Å². The van der Waals surface area contributed by atoms with Gasteiger partial charge in [-0.25, -0.2) is 0 Å². The van der Waals surface area contributed by atoms with Crippen LogP contribution in [0.4, 0.5) is 0 Å². The molecule has 0 radical (unpaired) electrons. The van der Waals surface area contributed by atoms with E-state index in [9.17, 15) is 0 Å². The Bertz CT molecular complexity index is 311. The highest BCUT2D eigenvalue weighted by Gasteiger charge is 2.05. The lowest BCUT2D eigenvalue weighted by Crippen LogP contribution is -2.34. The average Bonchev–Trinajstić information content (AvgIpc) is 2.29. The van der Waals surface area contributed by atoms with E-state index in [2.05, 4.69) is 36.0 Å². The van der Waals surface area contributed by atoms with Gasteiger partial charge in [0, 0.05) is 37.7 Å². The van der Waals surface area contributed by atoms with E-state index in [1.807, 2.05) is 12.1 Å². The minimum absolute atomic E-state index is 0.695. The third-order valence-electron chi connectivity index (χ3n) is 2.63. The van der Waals surface area contributed by atoms with Gasteiger partial charge < -0.3 is 10.6 Å². The van der Waals surface area contributed by atoms with Crippen LogP contribution in [0.5, 0.6) is 0 Å². The first-order valence-electron chi connectivity index (χ1n) is 5.93. The lowest BCUT2D eigenvalue weighted by Gasteiger charge is -2.23.